The summed E-state index contributed by atoms with van der Waals surface area (Å²) in [5, 5.41) is 14.2. The smallest absolute Gasteiger partial charge is 0.300 e. The van der Waals surface area contributed by atoms with Crippen LogP contribution in [0.5, 0.6) is 0 Å². The summed E-state index contributed by atoms with van der Waals surface area (Å²) in [4.78, 5) is 13.5. The molecule has 1 saturated carbocycles. The molecular formula is C29H39NO3. The Bertz CT molecular complexity index is 880. The number of hydrogen-bond acceptors (Lipinski definition) is 3. The summed E-state index contributed by atoms with van der Waals surface area (Å²) in [6.07, 6.45) is 8.71. The van der Waals surface area contributed by atoms with E-state index in [1.54, 1.807) is 0 Å². The molecule has 2 aromatic rings. The molecule has 0 aromatic heterocycles. The van der Waals surface area contributed by atoms with Crippen LogP contribution >= 0.6 is 0 Å². The third kappa shape index (κ3) is 5.85. The molecule has 4 nitrogen and oxygen atoms in total. The van der Waals surface area contributed by atoms with E-state index in [4.69, 9.17) is 4.74 Å². The van der Waals surface area contributed by atoms with E-state index >= 15 is 0 Å². The van der Waals surface area contributed by atoms with E-state index < -0.39 is 11.6 Å². The molecule has 3 atom stereocenters. The molecule has 1 saturated heterocycles. The van der Waals surface area contributed by atoms with Gasteiger partial charge in [0, 0.05) is 18.4 Å². The molecule has 0 radical (unpaired) electrons. The average molecular weight is 450 g/mol. The van der Waals surface area contributed by atoms with Crippen LogP contribution in [0.3, 0.4) is 0 Å². The monoisotopic (exact) mass is 449 g/mol. The zero-order valence-corrected chi connectivity index (χ0v) is 20.1. The number of rotatable bonds is 8. The molecule has 0 N–H and O–H groups in total. The van der Waals surface area contributed by atoms with Crippen molar-refractivity contribution in [1.82, 2.24) is 0 Å². The Morgan fingerprint density at radius 3 is 2.33 bits per heavy atom. The first-order valence-electron chi connectivity index (χ1n) is 12.8. The first-order valence-corrected chi connectivity index (χ1v) is 12.8. The summed E-state index contributed by atoms with van der Waals surface area (Å²) in [6, 6.07) is 19.9. The second kappa shape index (κ2) is 10.8. The average Bonchev–Trinajstić information content (AvgIpc) is 2.85. The Morgan fingerprint density at radius 2 is 1.64 bits per heavy atom. The van der Waals surface area contributed by atoms with Gasteiger partial charge in [0.05, 0.1) is 20.1 Å². The van der Waals surface area contributed by atoms with Crippen LogP contribution in [-0.4, -0.2) is 43.2 Å². The highest BCUT2D eigenvalue weighted by Crippen LogP contribution is 2.39. The molecule has 0 bridgehead atoms. The highest BCUT2D eigenvalue weighted by Gasteiger charge is 2.41. The third-order valence-electron chi connectivity index (χ3n) is 7.83. The largest absolute Gasteiger partial charge is 0.837 e. The molecule has 1 heterocycles. The first kappa shape index (κ1) is 24.0. The van der Waals surface area contributed by atoms with Crippen molar-refractivity contribution in [1.29, 1.82) is 0 Å². The number of piperidine rings is 1. The number of likely N-dealkylation sites (N-methyl/N-ethyl adjacent to an activating group) is 1. The molecule has 2 fully saturated rings. The van der Waals surface area contributed by atoms with Crippen molar-refractivity contribution in [2.45, 2.75) is 69.5 Å². The summed E-state index contributed by atoms with van der Waals surface area (Å²) in [5.41, 5.74) is 0.143. The van der Waals surface area contributed by atoms with Crippen LogP contribution in [0.2, 0.25) is 0 Å². The van der Waals surface area contributed by atoms with Crippen molar-refractivity contribution in [2.75, 3.05) is 26.7 Å². The number of likely N-dealkylation sites (tertiary alicyclic amines) is 1. The Balaban J connectivity index is 1.41. The minimum atomic E-state index is -1.80. The predicted molar refractivity (Wildman–Crippen MR) is 129 cm³/mol. The molecule has 0 amide bonds. The van der Waals surface area contributed by atoms with E-state index in [0.717, 1.165) is 81.9 Å². The maximum Gasteiger partial charge on any atom is 0.300 e. The molecular weight excluding hydrogens is 410 g/mol. The lowest BCUT2D eigenvalue weighted by Gasteiger charge is -2.48. The molecule has 4 heteroatoms. The van der Waals surface area contributed by atoms with Gasteiger partial charge in [-0.2, -0.15) is 0 Å². The maximum atomic E-state index is 14.2. The van der Waals surface area contributed by atoms with E-state index in [-0.39, 0.29) is 12.0 Å². The minimum Gasteiger partial charge on any atom is -0.837 e. The number of benzene rings is 2. The van der Waals surface area contributed by atoms with E-state index in [9.17, 15) is 9.90 Å². The number of carbonyl (C=O) groups excluding carboxylic acids is 1. The summed E-state index contributed by atoms with van der Waals surface area (Å²) in [7, 11) is 2.27. The number of hydrogen-bond donors (Lipinski definition) is 0. The lowest BCUT2D eigenvalue weighted by Crippen LogP contribution is -2.59. The van der Waals surface area contributed by atoms with Gasteiger partial charge in [-0.05, 0) is 29.9 Å². The quantitative estimate of drug-likeness (QED) is 0.437. The van der Waals surface area contributed by atoms with Crippen molar-refractivity contribution in [3.05, 3.63) is 71.8 Å². The van der Waals surface area contributed by atoms with E-state index in [1.165, 1.54) is 5.56 Å². The molecule has 2 aromatic carbocycles. The number of ether oxygens (including phenoxy) is 1. The van der Waals surface area contributed by atoms with Gasteiger partial charge in [-0.3, -0.25) is 4.79 Å². The molecule has 4 rings (SSSR count). The fraction of sp³-hybridized carbons (Fsp3) is 0.552. The number of aryl methyl sites for hydroxylation is 1. The molecule has 0 spiro atoms. The second-order valence-corrected chi connectivity index (χ2v) is 10.4. The van der Waals surface area contributed by atoms with Gasteiger partial charge >= 0.3 is 5.97 Å². The first-order chi connectivity index (χ1) is 16.0. The Hall–Kier alpha value is -2.17. The number of esters is 1. The molecule has 1 aliphatic carbocycles. The van der Waals surface area contributed by atoms with Crippen molar-refractivity contribution >= 4 is 5.97 Å². The Morgan fingerprint density at radius 1 is 0.970 bits per heavy atom. The zero-order chi connectivity index (χ0) is 23.2. The van der Waals surface area contributed by atoms with E-state index in [2.05, 4.69) is 37.4 Å². The highest BCUT2D eigenvalue weighted by atomic mass is 16.6. The second-order valence-electron chi connectivity index (χ2n) is 10.4. The van der Waals surface area contributed by atoms with Crippen molar-refractivity contribution < 1.29 is 19.1 Å². The fourth-order valence-corrected chi connectivity index (χ4v) is 5.94. The number of nitrogens with zero attached hydrogens (tertiary/aromatic N) is 1. The van der Waals surface area contributed by atoms with Gasteiger partial charge in [-0.15, -0.1) is 0 Å². The Labute approximate surface area is 199 Å². The zero-order valence-electron chi connectivity index (χ0n) is 20.1. The molecule has 2 aliphatic rings. The van der Waals surface area contributed by atoms with Crippen LogP contribution in [0.25, 0.3) is 0 Å². The molecule has 178 valence electrons. The lowest BCUT2D eigenvalue weighted by molar-refractivity contribution is -0.917. The van der Waals surface area contributed by atoms with Crippen molar-refractivity contribution in [3.63, 3.8) is 0 Å². The third-order valence-corrected chi connectivity index (χ3v) is 7.83. The minimum absolute atomic E-state index is 0.173. The summed E-state index contributed by atoms with van der Waals surface area (Å²) in [5.74, 6) is -0.736. The van der Waals surface area contributed by atoms with Crippen LogP contribution in [0.4, 0.5) is 0 Å². The van der Waals surface area contributed by atoms with E-state index in [0.29, 0.717) is 5.56 Å². The normalized spacial score (nSPS) is 25.8. The summed E-state index contributed by atoms with van der Waals surface area (Å²) < 4.78 is 6.97. The maximum absolute atomic E-state index is 14.2. The van der Waals surface area contributed by atoms with Gasteiger partial charge in [0.25, 0.3) is 0 Å². The molecule has 33 heavy (non-hydrogen) atoms. The van der Waals surface area contributed by atoms with Gasteiger partial charge in [0.2, 0.25) is 0 Å². The SMILES string of the molecule is C[N@@+]1(CCCc2ccccc2)CCCC(OC(=O)C([O-])(c2ccccc2)C2CCCCC2)C1. The summed E-state index contributed by atoms with van der Waals surface area (Å²) >= 11 is 0. The molecule has 2 unspecified atom stereocenters. The summed E-state index contributed by atoms with van der Waals surface area (Å²) in [6.45, 7) is 2.97. The van der Waals surface area contributed by atoms with Gasteiger partial charge in [0.1, 0.15) is 6.54 Å². The van der Waals surface area contributed by atoms with Crippen LogP contribution in [-0.2, 0) is 21.6 Å². The fourth-order valence-electron chi connectivity index (χ4n) is 5.94. The van der Waals surface area contributed by atoms with E-state index in [1.807, 2.05) is 30.3 Å². The standard InChI is InChI=1S/C29H39NO3/c1-30(21-11-15-24-13-5-2-6-14-24)22-12-20-27(23-30)33-28(31)29(32,25-16-7-3-8-17-25)26-18-9-4-10-19-26/h2-3,5-8,13-14,16-17,26-27H,4,9-12,15,18-23H2,1H3/t27?,29?,30-/m1/s1. The lowest BCUT2D eigenvalue weighted by atomic mass is 9.73. The number of quaternary nitrogens is 1. The predicted octanol–water partition coefficient (Wildman–Crippen LogP) is 4.61. The van der Waals surface area contributed by atoms with Crippen LogP contribution < -0.4 is 5.11 Å². The number of carbonyl (C=O) groups is 1. The van der Waals surface area contributed by atoms with Gasteiger partial charge in [-0.1, -0.05) is 92.8 Å². The van der Waals surface area contributed by atoms with Crippen molar-refractivity contribution in [3.8, 4) is 0 Å². The Kier molecular flexibility index (Phi) is 7.87. The molecule has 1 aliphatic heterocycles. The van der Waals surface area contributed by atoms with Crippen LogP contribution in [0.1, 0.15) is 62.5 Å². The van der Waals surface area contributed by atoms with Crippen LogP contribution in [0, 0.1) is 5.92 Å². The van der Waals surface area contributed by atoms with Crippen molar-refractivity contribution in [2.24, 2.45) is 5.92 Å². The van der Waals surface area contributed by atoms with Gasteiger partial charge in [0.15, 0.2) is 6.10 Å². The van der Waals surface area contributed by atoms with Crippen LogP contribution in [0.15, 0.2) is 60.7 Å². The van der Waals surface area contributed by atoms with Gasteiger partial charge < -0.3 is 14.3 Å². The topological polar surface area (TPSA) is 49.4 Å². The highest BCUT2D eigenvalue weighted by molar-refractivity contribution is 5.81. The van der Waals surface area contributed by atoms with Gasteiger partial charge in [-0.25, -0.2) is 0 Å².